The third-order valence-electron chi connectivity index (χ3n) is 0.944. The maximum atomic E-state index is 10.9. The number of aromatic nitrogens is 1. The van der Waals surface area contributed by atoms with E-state index < -0.39 is 0 Å². The Morgan fingerprint density at radius 3 is 3.00 bits per heavy atom. The predicted octanol–water partition coefficient (Wildman–Crippen LogP) is 0.791. The van der Waals surface area contributed by atoms with Crippen LogP contribution in [0.2, 0.25) is 0 Å². The SMILES string of the molecule is CNC(=O)c1cnc(S)s1. The topological polar surface area (TPSA) is 42.0 Å². The van der Waals surface area contributed by atoms with Crippen LogP contribution in [0, 0.1) is 0 Å². The number of thiol groups is 1. The highest BCUT2D eigenvalue weighted by Crippen LogP contribution is 2.15. The van der Waals surface area contributed by atoms with Crippen molar-refractivity contribution in [3.05, 3.63) is 11.1 Å². The van der Waals surface area contributed by atoms with E-state index in [9.17, 15) is 4.79 Å². The van der Waals surface area contributed by atoms with Gasteiger partial charge in [0.05, 0.1) is 6.20 Å². The Balaban J connectivity index is 2.85. The van der Waals surface area contributed by atoms with Gasteiger partial charge in [-0.05, 0) is 0 Å². The predicted molar refractivity (Wildman–Crippen MR) is 42.8 cm³/mol. The van der Waals surface area contributed by atoms with Crippen LogP contribution in [0.5, 0.6) is 0 Å². The zero-order valence-corrected chi connectivity index (χ0v) is 7.00. The molecule has 0 aromatic carbocycles. The lowest BCUT2D eigenvalue weighted by atomic mass is 10.5. The molecule has 3 nitrogen and oxygen atoms in total. The Bertz CT molecular complexity index is 246. The molecule has 0 atom stereocenters. The molecule has 5 heteroatoms. The first-order valence-corrected chi connectivity index (χ1v) is 3.87. The summed E-state index contributed by atoms with van der Waals surface area (Å²) in [6.07, 6.45) is 1.51. The van der Waals surface area contributed by atoms with E-state index in [1.165, 1.54) is 17.5 Å². The van der Waals surface area contributed by atoms with E-state index in [2.05, 4.69) is 22.9 Å². The summed E-state index contributed by atoms with van der Waals surface area (Å²) in [7, 11) is 1.58. The highest BCUT2D eigenvalue weighted by Gasteiger charge is 2.05. The van der Waals surface area contributed by atoms with Gasteiger partial charge in [-0.25, -0.2) is 4.98 Å². The Morgan fingerprint density at radius 1 is 1.90 bits per heavy atom. The minimum absolute atomic E-state index is 0.113. The Kier molecular flexibility index (Phi) is 2.29. The minimum Gasteiger partial charge on any atom is -0.354 e. The number of thiazole rings is 1. The normalized spacial score (nSPS) is 9.40. The van der Waals surface area contributed by atoms with Gasteiger partial charge in [0.15, 0.2) is 0 Å². The molecule has 1 heterocycles. The molecule has 0 bridgehead atoms. The van der Waals surface area contributed by atoms with Gasteiger partial charge in [-0.15, -0.1) is 24.0 Å². The highest BCUT2D eigenvalue weighted by molar-refractivity contribution is 7.82. The van der Waals surface area contributed by atoms with Crippen molar-refractivity contribution in [2.24, 2.45) is 0 Å². The van der Waals surface area contributed by atoms with Gasteiger partial charge in [-0.3, -0.25) is 4.79 Å². The number of nitrogens with one attached hydrogen (secondary N) is 1. The molecule has 0 radical (unpaired) electrons. The summed E-state index contributed by atoms with van der Waals surface area (Å²) in [5, 5.41) is 2.49. The molecule has 54 valence electrons. The third-order valence-corrected chi connectivity index (χ3v) is 2.13. The molecule has 0 aliphatic heterocycles. The largest absolute Gasteiger partial charge is 0.354 e. The van der Waals surface area contributed by atoms with Crippen molar-refractivity contribution in [2.45, 2.75) is 4.34 Å². The fourth-order valence-electron chi connectivity index (χ4n) is 0.493. The fourth-order valence-corrected chi connectivity index (χ4v) is 1.45. The van der Waals surface area contributed by atoms with Gasteiger partial charge >= 0.3 is 0 Å². The van der Waals surface area contributed by atoms with Crippen LogP contribution in [0.25, 0.3) is 0 Å². The van der Waals surface area contributed by atoms with Gasteiger partial charge < -0.3 is 5.32 Å². The molecule has 10 heavy (non-hydrogen) atoms. The van der Waals surface area contributed by atoms with Gasteiger partial charge in [0, 0.05) is 7.05 Å². The van der Waals surface area contributed by atoms with Crippen molar-refractivity contribution in [2.75, 3.05) is 7.05 Å². The van der Waals surface area contributed by atoms with Crippen LogP contribution in [-0.2, 0) is 0 Å². The molecular formula is C5H6N2OS2. The molecule has 0 fully saturated rings. The zero-order chi connectivity index (χ0) is 7.56. The van der Waals surface area contributed by atoms with Crippen LogP contribution < -0.4 is 5.32 Å². The van der Waals surface area contributed by atoms with Crippen LogP contribution in [0.15, 0.2) is 10.5 Å². The van der Waals surface area contributed by atoms with Gasteiger partial charge in [0.2, 0.25) is 0 Å². The Morgan fingerprint density at radius 2 is 2.60 bits per heavy atom. The average molecular weight is 174 g/mol. The molecule has 0 unspecified atom stereocenters. The van der Waals surface area contributed by atoms with Gasteiger partial charge in [-0.2, -0.15) is 0 Å². The Labute approximate surface area is 67.9 Å². The minimum atomic E-state index is -0.113. The molecule has 1 amide bonds. The lowest BCUT2D eigenvalue weighted by Gasteiger charge is -1.89. The van der Waals surface area contributed by atoms with E-state index in [-0.39, 0.29) is 5.91 Å². The third kappa shape index (κ3) is 1.48. The standard InChI is InChI=1S/C5H6N2OS2/c1-6-4(8)3-2-7-5(9)10-3/h2H,1H3,(H,6,8)(H,7,9). The lowest BCUT2D eigenvalue weighted by molar-refractivity contribution is 0.0967. The summed E-state index contributed by atoms with van der Waals surface area (Å²) < 4.78 is 0.610. The van der Waals surface area contributed by atoms with E-state index in [1.54, 1.807) is 7.05 Å². The molecule has 0 aliphatic rings. The van der Waals surface area contributed by atoms with Crippen molar-refractivity contribution in [3.8, 4) is 0 Å². The first kappa shape index (κ1) is 7.56. The molecular weight excluding hydrogens is 168 g/mol. The number of carbonyl (C=O) groups is 1. The van der Waals surface area contributed by atoms with E-state index in [0.717, 1.165) is 0 Å². The molecule has 0 saturated carbocycles. The second-order valence-electron chi connectivity index (χ2n) is 1.59. The highest BCUT2D eigenvalue weighted by atomic mass is 32.2. The number of nitrogens with zero attached hydrogens (tertiary/aromatic N) is 1. The van der Waals surface area contributed by atoms with Crippen LogP contribution >= 0.6 is 24.0 Å². The van der Waals surface area contributed by atoms with Gasteiger partial charge in [-0.1, -0.05) is 0 Å². The van der Waals surface area contributed by atoms with Crippen molar-refractivity contribution >= 4 is 29.9 Å². The second-order valence-corrected chi connectivity index (χ2v) is 3.34. The van der Waals surface area contributed by atoms with Crippen molar-refractivity contribution < 1.29 is 4.79 Å². The van der Waals surface area contributed by atoms with Crippen LogP contribution in [0.4, 0.5) is 0 Å². The molecule has 0 saturated heterocycles. The summed E-state index contributed by atoms with van der Waals surface area (Å²) in [6.45, 7) is 0. The molecule has 0 aliphatic carbocycles. The van der Waals surface area contributed by atoms with E-state index >= 15 is 0 Å². The average Bonchev–Trinajstić information content (AvgIpc) is 2.34. The second kappa shape index (κ2) is 3.03. The summed E-state index contributed by atoms with van der Waals surface area (Å²) in [6, 6.07) is 0. The molecule has 1 aromatic rings. The quantitative estimate of drug-likeness (QED) is 0.618. The molecule has 0 spiro atoms. The monoisotopic (exact) mass is 174 g/mol. The number of rotatable bonds is 1. The summed E-state index contributed by atoms with van der Waals surface area (Å²) in [5.41, 5.74) is 0. The molecule has 1 aromatic heterocycles. The molecule has 1 N–H and O–H groups in total. The Hall–Kier alpha value is -0.550. The van der Waals surface area contributed by atoms with Crippen molar-refractivity contribution in [1.29, 1.82) is 0 Å². The van der Waals surface area contributed by atoms with Gasteiger partial charge in [0.25, 0.3) is 5.91 Å². The number of amides is 1. The maximum absolute atomic E-state index is 10.9. The first-order chi connectivity index (χ1) is 4.74. The van der Waals surface area contributed by atoms with E-state index in [1.807, 2.05) is 0 Å². The first-order valence-electron chi connectivity index (χ1n) is 2.61. The summed E-state index contributed by atoms with van der Waals surface area (Å²) >= 11 is 5.23. The smallest absolute Gasteiger partial charge is 0.262 e. The van der Waals surface area contributed by atoms with Crippen molar-refractivity contribution in [1.82, 2.24) is 10.3 Å². The summed E-state index contributed by atoms with van der Waals surface area (Å²) in [4.78, 5) is 15.2. The van der Waals surface area contributed by atoms with E-state index in [4.69, 9.17) is 0 Å². The number of carbonyl (C=O) groups excluding carboxylic acids is 1. The number of hydrogen-bond acceptors (Lipinski definition) is 4. The maximum Gasteiger partial charge on any atom is 0.262 e. The lowest BCUT2D eigenvalue weighted by Crippen LogP contribution is -2.16. The van der Waals surface area contributed by atoms with Crippen LogP contribution in [0.1, 0.15) is 9.67 Å². The van der Waals surface area contributed by atoms with Crippen LogP contribution in [0.3, 0.4) is 0 Å². The number of hydrogen-bond donors (Lipinski definition) is 2. The zero-order valence-electron chi connectivity index (χ0n) is 5.29. The van der Waals surface area contributed by atoms with E-state index in [0.29, 0.717) is 9.22 Å². The van der Waals surface area contributed by atoms with Crippen molar-refractivity contribution in [3.63, 3.8) is 0 Å². The van der Waals surface area contributed by atoms with Gasteiger partial charge in [0.1, 0.15) is 9.22 Å². The van der Waals surface area contributed by atoms with Crippen LogP contribution in [-0.4, -0.2) is 17.9 Å². The summed E-state index contributed by atoms with van der Waals surface area (Å²) in [5.74, 6) is -0.113. The fraction of sp³-hybridized carbons (Fsp3) is 0.200. The molecule has 1 rings (SSSR count).